The number of carboxylic acid groups (broad SMARTS) is 1. The lowest BCUT2D eigenvalue weighted by molar-refractivity contribution is -0.141. The van der Waals surface area contributed by atoms with Gasteiger partial charge < -0.3 is 20.1 Å². The van der Waals surface area contributed by atoms with Crippen molar-refractivity contribution in [1.82, 2.24) is 9.88 Å². The second-order valence-corrected chi connectivity index (χ2v) is 9.28. The maximum atomic E-state index is 12.4. The van der Waals surface area contributed by atoms with Gasteiger partial charge in [0.05, 0.1) is 17.3 Å². The van der Waals surface area contributed by atoms with Crippen LogP contribution in [0, 0.1) is 5.92 Å². The Bertz CT molecular complexity index is 1080. The van der Waals surface area contributed by atoms with Gasteiger partial charge in [-0.25, -0.2) is 4.79 Å². The zero-order valence-electron chi connectivity index (χ0n) is 19.7. The van der Waals surface area contributed by atoms with Gasteiger partial charge in [-0.2, -0.15) is 0 Å². The first kappa shape index (κ1) is 24.9. The van der Waals surface area contributed by atoms with E-state index in [1.807, 2.05) is 11.9 Å². The average Bonchev–Trinajstić information content (AvgIpc) is 3.15. The summed E-state index contributed by atoms with van der Waals surface area (Å²) in [7, 11) is 1.90. The average molecular weight is 467 g/mol. The molecule has 1 fully saturated rings. The molecule has 1 aliphatic rings. The zero-order valence-corrected chi connectivity index (χ0v) is 19.7. The molecule has 1 saturated heterocycles. The number of hydrogen-bond donors (Lipinski definition) is 3. The Morgan fingerprint density at radius 1 is 1.09 bits per heavy atom. The first-order valence-corrected chi connectivity index (χ1v) is 11.0. The highest BCUT2D eigenvalue weighted by atomic mass is 16.6. The van der Waals surface area contributed by atoms with Gasteiger partial charge in [0.1, 0.15) is 5.60 Å². The van der Waals surface area contributed by atoms with E-state index in [1.54, 1.807) is 69.4 Å². The van der Waals surface area contributed by atoms with Crippen LogP contribution in [0.25, 0.3) is 6.08 Å². The predicted molar refractivity (Wildman–Crippen MR) is 130 cm³/mol. The number of nitrogens with zero attached hydrogens (tertiary/aromatic N) is 2. The summed E-state index contributed by atoms with van der Waals surface area (Å²) >= 11 is 0. The molecule has 180 valence electrons. The summed E-state index contributed by atoms with van der Waals surface area (Å²) in [6.45, 7) is 6.43. The number of anilines is 2. The van der Waals surface area contributed by atoms with Gasteiger partial charge in [-0.1, -0.05) is 18.2 Å². The molecule has 2 heterocycles. The van der Waals surface area contributed by atoms with E-state index in [0.717, 1.165) is 5.69 Å². The lowest BCUT2D eigenvalue weighted by Gasteiger charge is -2.20. The Hall–Kier alpha value is -3.72. The molecule has 34 heavy (non-hydrogen) atoms. The number of nitrogens with one attached hydrogen (secondary N) is 2. The van der Waals surface area contributed by atoms with Crippen LogP contribution in [-0.2, 0) is 14.3 Å². The van der Waals surface area contributed by atoms with Crippen molar-refractivity contribution in [3.05, 3.63) is 59.9 Å². The van der Waals surface area contributed by atoms with Crippen molar-refractivity contribution >= 4 is 35.4 Å². The van der Waals surface area contributed by atoms with E-state index in [9.17, 15) is 19.5 Å². The first-order chi connectivity index (χ1) is 16.0. The molecular formula is C25H30N4O5. The fraction of sp³-hybridized carbons (Fsp3) is 0.360. The number of hydrogen-bond acceptors (Lipinski definition) is 6. The molecule has 3 rings (SSSR count). The van der Waals surface area contributed by atoms with Crippen LogP contribution in [0.4, 0.5) is 16.2 Å². The van der Waals surface area contributed by atoms with Crippen molar-refractivity contribution in [3.63, 3.8) is 0 Å². The van der Waals surface area contributed by atoms with Crippen LogP contribution in [0.5, 0.6) is 0 Å². The molecule has 0 unspecified atom stereocenters. The van der Waals surface area contributed by atoms with E-state index < -0.39 is 23.6 Å². The highest BCUT2D eigenvalue weighted by molar-refractivity contribution is 6.04. The van der Waals surface area contributed by atoms with Gasteiger partial charge in [0.25, 0.3) is 0 Å². The van der Waals surface area contributed by atoms with Gasteiger partial charge in [-0.3, -0.25) is 19.9 Å². The molecule has 2 atom stereocenters. The smallest absolute Gasteiger partial charge is 0.412 e. The molecule has 1 aliphatic heterocycles. The number of amides is 2. The fourth-order valence-corrected chi connectivity index (χ4v) is 3.75. The Kier molecular flexibility index (Phi) is 7.68. The van der Waals surface area contributed by atoms with Crippen molar-refractivity contribution in [3.8, 4) is 0 Å². The van der Waals surface area contributed by atoms with Gasteiger partial charge in [0.15, 0.2) is 0 Å². The number of aliphatic carboxylic acids is 1. The molecule has 1 aromatic carbocycles. The quantitative estimate of drug-likeness (QED) is 0.554. The first-order valence-electron chi connectivity index (χ1n) is 11.0. The maximum Gasteiger partial charge on any atom is 0.412 e. The van der Waals surface area contributed by atoms with Gasteiger partial charge in [0.2, 0.25) is 5.91 Å². The molecule has 9 nitrogen and oxygen atoms in total. The molecule has 0 bridgehead atoms. The SMILES string of the molecule is CN1C[C@H](C(=O)O)[C@@H](c2ccc(/C=C/C(=O)Nc3ccccc3NC(=O)OC(C)(C)C)cn2)C1. The topological polar surface area (TPSA) is 121 Å². The van der Waals surface area contributed by atoms with Crippen LogP contribution in [0.15, 0.2) is 48.7 Å². The highest BCUT2D eigenvalue weighted by Gasteiger charge is 2.37. The van der Waals surface area contributed by atoms with E-state index in [-0.39, 0.29) is 11.8 Å². The molecule has 0 saturated carbocycles. The van der Waals surface area contributed by atoms with Gasteiger partial charge in [0, 0.05) is 37.0 Å². The summed E-state index contributed by atoms with van der Waals surface area (Å²) in [5, 5.41) is 14.8. The molecular weight excluding hydrogens is 436 g/mol. The molecule has 9 heteroatoms. The Balaban J connectivity index is 1.63. The summed E-state index contributed by atoms with van der Waals surface area (Å²) in [5.74, 6) is -1.86. The minimum Gasteiger partial charge on any atom is -0.481 e. The minimum absolute atomic E-state index is 0.169. The van der Waals surface area contributed by atoms with E-state index in [1.165, 1.54) is 6.08 Å². The van der Waals surface area contributed by atoms with Crippen molar-refractivity contribution in [1.29, 1.82) is 0 Å². The van der Waals surface area contributed by atoms with Crippen molar-refractivity contribution in [2.75, 3.05) is 30.8 Å². The van der Waals surface area contributed by atoms with Gasteiger partial charge in [-0.15, -0.1) is 0 Å². The number of ether oxygens (including phenoxy) is 1. The van der Waals surface area contributed by atoms with Crippen LogP contribution < -0.4 is 10.6 Å². The van der Waals surface area contributed by atoms with Crippen LogP contribution in [-0.4, -0.2) is 58.7 Å². The highest BCUT2D eigenvalue weighted by Crippen LogP contribution is 2.31. The third-order valence-electron chi connectivity index (χ3n) is 5.26. The van der Waals surface area contributed by atoms with Crippen LogP contribution in [0.2, 0.25) is 0 Å². The summed E-state index contributed by atoms with van der Waals surface area (Å²) in [5.41, 5.74) is 1.63. The normalized spacial score (nSPS) is 18.6. The Morgan fingerprint density at radius 3 is 2.35 bits per heavy atom. The molecule has 0 aliphatic carbocycles. The lowest BCUT2D eigenvalue weighted by Crippen LogP contribution is -2.27. The van der Waals surface area contributed by atoms with Crippen molar-refractivity contribution in [2.24, 2.45) is 5.92 Å². The maximum absolute atomic E-state index is 12.4. The summed E-state index contributed by atoms with van der Waals surface area (Å²) in [4.78, 5) is 42.5. The number of likely N-dealkylation sites (N-methyl/N-ethyl adjacent to an activating group) is 1. The molecule has 3 N–H and O–H groups in total. The molecule has 1 aromatic heterocycles. The third kappa shape index (κ3) is 6.89. The number of para-hydroxylation sites is 2. The Labute approximate surface area is 198 Å². The third-order valence-corrected chi connectivity index (χ3v) is 5.26. The van der Waals surface area contributed by atoms with Gasteiger partial charge >= 0.3 is 12.1 Å². The lowest BCUT2D eigenvalue weighted by atomic mass is 9.92. The number of carbonyl (C=O) groups excluding carboxylic acids is 2. The number of benzene rings is 1. The second kappa shape index (κ2) is 10.5. The number of rotatable bonds is 6. The van der Waals surface area contributed by atoms with Crippen molar-refractivity contribution in [2.45, 2.75) is 32.3 Å². The largest absolute Gasteiger partial charge is 0.481 e. The predicted octanol–water partition coefficient (Wildman–Crippen LogP) is 3.81. The number of likely N-dealkylation sites (tertiary alicyclic amines) is 1. The number of aromatic nitrogens is 1. The molecule has 2 amide bonds. The van der Waals surface area contributed by atoms with E-state index in [4.69, 9.17) is 4.74 Å². The zero-order chi connectivity index (χ0) is 24.9. The number of carboxylic acids is 1. The second-order valence-electron chi connectivity index (χ2n) is 9.28. The van der Waals surface area contributed by atoms with Crippen molar-refractivity contribution < 1.29 is 24.2 Å². The summed E-state index contributed by atoms with van der Waals surface area (Å²) < 4.78 is 5.26. The molecule has 0 radical (unpaired) electrons. The monoisotopic (exact) mass is 466 g/mol. The number of carbonyl (C=O) groups is 3. The van der Waals surface area contributed by atoms with Crippen LogP contribution in [0.3, 0.4) is 0 Å². The minimum atomic E-state index is -0.821. The van der Waals surface area contributed by atoms with Crippen LogP contribution in [0.1, 0.15) is 37.9 Å². The standard InChI is InChI=1S/C25H30N4O5/c1-25(2,3)34-24(33)28-21-8-6-5-7-20(21)27-22(30)12-10-16-9-11-19(26-13-16)17-14-29(4)15-18(17)23(31)32/h5-13,17-18H,14-15H2,1-4H3,(H,27,30)(H,28,33)(H,31,32)/b12-10+/t17-,18-/m0/s1. The summed E-state index contributed by atoms with van der Waals surface area (Å²) in [6, 6.07) is 10.4. The van der Waals surface area contributed by atoms with E-state index in [0.29, 0.717) is 30.0 Å². The summed E-state index contributed by atoms with van der Waals surface area (Å²) in [6.07, 6.45) is 3.99. The fourth-order valence-electron chi connectivity index (χ4n) is 3.75. The van der Waals surface area contributed by atoms with E-state index in [2.05, 4.69) is 15.6 Å². The Morgan fingerprint density at radius 2 is 1.76 bits per heavy atom. The van der Waals surface area contributed by atoms with Gasteiger partial charge in [-0.05, 0) is 57.7 Å². The van der Waals surface area contributed by atoms with E-state index >= 15 is 0 Å². The molecule has 0 spiro atoms. The van der Waals surface area contributed by atoms with Crippen LogP contribution >= 0.6 is 0 Å². The number of pyridine rings is 1. The molecule has 2 aromatic rings.